The summed E-state index contributed by atoms with van der Waals surface area (Å²) < 4.78 is 1.94. The Hall–Kier alpha value is -1.97. The van der Waals surface area contributed by atoms with Crippen LogP contribution >= 0.6 is 0 Å². The molecule has 0 unspecified atom stereocenters. The number of anilines is 2. The van der Waals surface area contributed by atoms with Gasteiger partial charge in [-0.05, 0) is 44.2 Å². The summed E-state index contributed by atoms with van der Waals surface area (Å²) in [4.78, 5) is 2.30. The Morgan fingerprint density at radius 1 is 1.28 bits per heavy atom. The van der Waals surface area contributed by atoms with Crippen LogP contribution in [0, 0.1) is 6.92 Å². The molecule has 1 heterocycles. The van der Waals surface area contributed by atoms with Crippen LogP contribution in [0.3, 0.4) is 0 Å². The van der Waals surface area contributed by atoms with Gasteiger partial charge in [-0.1, -0.05) is 0 Å². The van der Waals surface area contributed by atoms with Crippen molar-refractivity contribution in [2.45, 2.75) is 20.4 Å². The molecule has 4 heteroatoms. The second-order valence-corrected chi connectivity index (χ2v) is 4.51. The molecule has 1 aromatic carbocycles. The van der Waals surface area contributed by atoms with Crippen molar-refractivity contribution in [1.82, 2.24) is 9.78 Å². The van der Waals surface area contributed by atoms with E-state index >= 15 is 0 Å². The monoisotopic (exact) mass is 244 g/mol. The number of rotatable bonds is 4. The number of nitrogens with zero attached hydrogens (tertiary/aromatic N) is 3. The normalized spacial score (nSPS) is 10.6. The molecule has 0 aliphatic heterocycles. The van der Waals surface area contributed by atoms with Crippen molar-refractivity contribution >= 4 is 11.4 Å². The van der Waals surface area contributed by atoms with Crippen LogP contribution in [-0.4, -0.2) is 16.3 Å². The smallest absolute Gasteiger partial charge is 0.0598 e. The summed E-state index contributed by atoms with van der Waals surface area (Å²) in [7, 11) is 1.99. The van der Waals surface area contributed by atoms with Gasteiger partial charge in [-0.15, -0.1) is 0 Å². The molecule has 0 saturated carbocycles. The molecule has 0 atom stereocenters. The highest BCUT2D eigenvalue weighted by molar-refractivity contribution is 5.53. The summed E-state index contributed by atoms with van der Waals surface area (Å²) >= 11 is 0. The van der Waals surface area contributed by atoms with E-state index in [2.05, 4.69) is 35.1 Å². The van der Waals surface area contributed by atoms with Gasteiger partial charge in [0.2, 0.25) is 0 Å². The summed E-state index contributed by atoms with van der Waals surface area (Å²) in [6, 6.07) is 10.1. The van der Waals surface area contributed by atoms with Crippen LogP contribution in [0.1, 0.15) is 18.3 Å². The van der Waals surface area contributed by atoms with E-state index < -0.39 is 0 Å². The number of aryl methyl sites for hydroxylation is 2. The van der Waals surface area contributed by atoms with Crippen LogP contribution in [0.4, 0.5) is 11.4 Å². The third-order valence-electron chi connectivity index (χ3n) is 3.09. The Morgan fingerprint density at radius 2 is 1.94 bits per heavy atom. The maximum absolute atomic E-state index is 5.72. The summed E-state index contributed by atoms with van der Waals surface area (Å²) in [6.07, 6.45) is 0. The average molecular weight is 244 g/mol. The molecule has 0 amide bonds. The van der Waals surface area contributed by atoms with E-state index in [1.165, 1.54) is 11.4 Å². The summed E-state index contributed by atoms with van der Waals surface area (Å²) in [5.74, 6) is 0. The summed E-state index contributed by atoms with van der Waals surface area (Å²) in [6.45, 7) is 5.98. The fourth-order valence-corrected chi connectivity index (χ4v) is 2.08. The third kappa shape index (κ3) is 2.64. The van der Waals surface area contributed by atoms with Gasteiger partial charge in [0.25, 0.3) is 0 Å². The van der Waals surface area contributed by atoms with Crippen molar-refractivity contribution in [2.24, 2.45) is 7.05 Å². The Bertz CT molecular complexity index is 513. The fraction of sp³-hybridized carbons (Fsp3) is 0.357. The molecule has 2 N–H and O–H groups in total. The van der Waals surface area contributed by atoms with Gasteiger partial charge in [0.1, 0.15) is 0 Å². The van der Waals surface area contributed by atoms with Crippen molar-refractivity contribution in [3.63, 3.8) is 0 Å². The van der Waals surface area contributed by atoms with E-state index in [0.29, 0.717) is 0 Å². The Labute approximate surface area is 108 Å². The van der Waals surface area contributed by atoms with Gasteiger partial charge in [0.15, 0.2) is 0 Å². The van der Waals surface area contributed by atoms with Crippen LogP contribution in [0.2, 0.25) is 0 Å². The fourth-order valence-electron chi connectivity index (χ4n) is 2.08. The van der Waals surface area contributed by atoms with Crippen molar-refractivity contribution in [1.29, 1.82) is 0 Å². The van der Waals surface area contributed by atoms with Crippen LogP contribution in [0.25, 0.3) is 0 Å². The molecule has 2 rings (SSSR count). The first kappa shape index (κ1) is 12.5. The van der Waals surface area contributed by atoms with Crippen molar-refractivity contribution < 1.29 is 0 Å². The van der Waals surface area contributed by atoms with Crippen LogP contribution in [0.15, 0.2) is 30.3 Å². The lowest BCUT2D eigenvalue weighted by molar-refractivity contribution is 0.682. The van der Waals surface area contributed by atoms with Gasteiger partial charge < -0.3 is 10.6 Å². The van der Waals surface area contributed by atoms with Crippen LogP contribution in [0.5, 0.6) is 0 Å². The number of aromatic nitrogens is 2. The molecule has 2 aromatic rings. The lowest BCUT2D eigenvalue weighted by Crippen LogP contribution is -2.23. The molecule has 0 saturated heterocycles. The van der Waals surface area contributed by atoms with E-state index in [1.807, 2.05) is 30.8 Å². The van der Waals surface area contributed by atoms with E-state index in [9.17, 15) is 0 Å². The molecule has 1 aromatic heterocycles. The number of benzene rings is 1. The lowest BCUT2D eigenvalue weighted by atomic mass is 10.2. The van der Waals surface area contributed by atoms with Gasteiger partial charge in [0.05, 0.1) is 17.9 Å². The molecule has 0 radical (unpaired) electrons. The Morgan fingerprint density at radius 3 is 2.44 bits per heavy atom. The van der Waals surface area contributed by atoms with Gasteiger partial charge >= 0.3 is 0 Å². The first-order valence-electron chi connectivity index (χ1n) is 6.20. The molecular formula is C14H20N4. The van der Waals surface area contributed by atoms with Crippen molar-refractivity contribution in [3.8, 4) is 0 Å². The van der Waals surface area contributed by atoms with Gasteiger partial charge in [-0.2, -0.15) is 5.10 Å². The average Bonchev–Trinajstić information content (AvgIpc) is 2.66. The quantitative estimate of drug-likeness (QED) is 0.840. The zero-order chi connectivity index (χ0) is 13.1. The van der Waals surface area contributed by atoms with Gasteiger partial charge in [-0.3, -0.25) is 4.68 Å². The second-order valence-electron chi connectivity index (χ2n) is 4.51. The second kappa shape index (κ2) is 5.12. The predicted octanol–water partition coefficient (Wildman–Crippen LogP) is 2.34. The minimum Gasteiger partial charge on any atom is -0.399 e. The lowest BCUT2D eigenvalue weighted by Gasteiger charge is -2.23. The Kier molecular flexibility index (Phi) is 3.55. The largest absolute Gasteiger partial charge is 0.399 e. The maximum Gasteiger partial charge on any atom is 0.0598 e. The number of hydrogen-bond donors (Lipinski definition) is 1. The minimum absolute atomic E-state index is 0.797. The zero-order valence-electron chi connectivity index (χ0n) is 11.2. The molecule has 18 heavy (non-hydrogen) atoms. The number of hydrogen-bond acceptors (Lipinski definition) is 3. The summed E-state index contributed by atoms with van der Waals surface area (Å²) in [5, 5.41) is 4.38. The highest BCUT2D eigenvalue weighted by Gasteiger charge is 2.08. The summed E-state index contributed by atoms with van der Waals surface area (Å²) in [5.41, 5.74) is 9.97. The number of nitrogens with two attached hydrogens (primary N) is 1. The van der Waals surface area contributed by atoms with Crippen molar-refractivity contribution in [3.05, 3.63) is 41.7 Å². The predicted molar refractivity (Wildman–Crippen MR) is 75.5 cm³/mol. The standard InChI is InChI=1S/C14H20N4/c1-4-18(13-7-5-12(15)6-8-13)10-14-9-11(2)16-17(14)3/h5-9H,4,10,15H2,1-3H3. The molecule has 96 valence electrons. The van der Waals surface area contributed by atoms with E-state index in [-0.39, 0.29) is 0 Å². The highest BCUT2D eigenvalue weighted by atomic mass is 15.3. The molecule has 0 fully saturated rings. The molecule has 0 bridgehead atoms. The molecule has 0 aliphatic carbocycles. The molecule has 0 spiro atoms. The highest BCUT2D eigenvalue weighted by Crippen LogP contribution is 2.18. The number of nitrogen functional groups attached to an aromatic ring is 1. The molecule has 4 nitrogen and oxygen atoms in total. The first-order chi connectivity index (χ1) is 8.60. The SMILES string of the molecule is CCN(Cc1cc(C)nn1C)c1ccc(N)cc1. The molecular weight excluding hydrogens is 224 g/mol. The third-order valence-corrected chi connectivity index (χ3v) is 3.09. The van der Waals surface area contributed by atoms with E-state index in [4.69, 9.17) is 5.73 Å². The van der Waals surface area contributed by atoms with E-state index in [1.54, 1.807) is 0 Å². The zero-order valence-corrected chi connectivity index (χ0v) is 11.2. The Balaban J connectivity index is 2.19. The maximum atomic E-state index is 5.72. The van der Waals surface area contributed by atoms with Gasteiger partial charge in [0, 0.05) is 25.0 Å². The van der Waals surface area contributed by atoms with Gasteiger partial charge in [-0.25, -0.2) is 0 Å². The molecule has 0 aliphatic rings. The minimum atomic E-state index is 0.797. The van der Waals surface area contributed by atoms with Crippen molar-refractivity contribution in [2.75, 3.05) is 17.2 Å². The van der Waals surface area contributed by atoms with Crippen LogP contribution in [-0.2, 0) is 13.6 Å². The topological polar surface area (TPSA) is 47.1 Å². The van der Waals surface area contributed by atoms with E-state index in [0.717, 1.165) is 24.5 Å². The first-order valence-corrected chi connectivity index (χ1v) is 6.20. The van der Waals surface area contributed by atoms with Crippen LogP contribution < -0.4 is 10.6 Å².